The Hall–Kier alpha value is -1.40. The molecule has 1 saturated heterocycles. The average molecular weight is 379 g/mol. The zero-order valence-electron chi connectivity index (χ0n) is 16.5. The van der Waals surface area contributed by atoms with Crippen molar-refractivity contribution < 1.29 is 4.74 Å². The van der Waals surface area contributed by atoms with Crippen LogP contribution in [0.2, 0.25) is 0 Å². The van der Waals surface area contributed by atoms with Crippen LogP contribution < -0.4 is 15.4 Å². The van der Waals surface area contributed by atoms with Crippen LogP contribution in [-0.2, 0) is 6.54 Å². The van der Waals surface area contributed by atoms with Gasteiger partial charge in [0.2, 0.25) is 0 Å². The predicted octanol–water partition coefficient (Wildman–Crippen LogP) is 2.83. The molecule has 0 radical (unpaired) electrons. The normalized spacial score (nSPS) is 16.5. The summed E-state index contributed by atoms with van der Waals surface area (Å²) in [6, 6.07) is 8.42. The minimum Gasteiger partial charge on any atom is -0.497 e. The quantitative estimate of drug-likeness (QED) is 0.393. The molecule has 2 N–H and O–H groups in total. The van der Waals surface area contributed by atoms with Crippen molar-refractivity contribution in [3.8, 4) is 5.75 Å². The van der Waals surface area contributed by atoms with Crippen molar-refractivity contribution in [2.45, 2.75) is 26.3 Å². The third-order valence-corrected chi connectivity index (χ3v) is 5.34. The van der Waals surface area contributed by atoms with Crippen LogP contribution in [-0.4, -0.2) is 62.7 Å². The number of hydrogen-bond acceptors (Lipinski definition) is 4. The molecule has 1 aliphatic rings. The maximum absolute atomic E-state index is 5.23. The number of nitrogens with one attached hydrogen (secondary N) is 2. The second kappa shape index (κ2) is 12.1. The van der Waals surface area contributed by atoms with E-state index < -0.39 is 0 Å². The Bertz CT molecular complexity index is 527. The van der Waals surface area contributed by atoms with Crippen LogP contribution in [0.4, 0.5) is 0 Å². The van der Waals surface area contributed by atoms with Gasteiger partial charge in [0, 0.05) is 31.9 Å². The van der Waals surface area contributed by atoms with E-state index in [1.54, 1.807) is 7.11 Å². The van der Waals surface area contributed by atoms with Crippen molar-refractivity contribution in [1.82, 2.24) is 15.5 Å². The van der Waals surface area contributed by atoms with Crippen LogP contribution in [0, 0.1) is 5.92 Å². The highest BCUT2D eigenvalue weighted by Gasteiger charge is 2.19. The molecule has 1 aromatic rings. The predicted molar refractivity (Wildman–Crippen MR) is 113 cm³/mol. The molecule has 5 nitrogen and oxygen atoms in total. The SMILES string of the molecule is CCNC(=NCC1CCN(Cc2ccc(OC)cc2)CC1)NCCSC. The van der Waals surface area contributed by atoms with Gasteiger partial charge in [-0.1, -0.05) is 12.1 Å². The zero-order chi connectivity index (χ0) is 18.6. The fraction of sp³-hybridized carbons (Fsp3) is 0.650. The monoisotopic (exact) mass is 378 g/mol. The third-order valence-electron chi connectivity index (χ3n) is 4.72. The van der Waals surface area contributed by atoms with Gasteiger partial charge in [0.05, 0.1) is 7.11 Å². The summed E-state index contributed by atoms with van der Waals surface area (Å²) in [4.78, 5) is 7.34. The minimum atomic E-state index is 0.693. The van der Waals surface area contributed by atoms with Gasteiger partial charge in [0.1, 0.15) is 5.75 Å². The van der Waals surface area contributed by atoms with Crippen molar-refractivity contribution >= 4 is 17.7 Å². The minimum absolute atomic E-state index is 0.693. The van der Waals surface area contributed by atoms with Crippen LogP contribution in [0.3, 0.4) is 0 Å². The average Bonchev–Trinajstić information content (AvgIpc) is 2.68. The number of ether oxygens (including phenoxy) is 1. The number of nitrogens with zero attached hydrogens (tertiary/aromatic N) is 2. The molecular formula is C20H34N4OS. The number of rotatable bonds is 9. The molecule has 0 aromatic heterocycles. The van der Waals surface area contributed by atoms with Crippen molar-refractivity contribution in [1.29, 1.82) is 0 Å². The molecule has 26 heavy (non-hydrogen) atoms. The lowest BCUT2D eigenvalue weighted by Gasteiger charge is -2.31. The molecule has 0 amide bonds. The second-order valence-corrected chi connectivity index (χ2v) is 7.69. The molecule has 6 heteroatoms. The number of hydrogen-bond donors (Lipinski definition) is 2. The lowest BCUT2D eigenvalue weighted by atomic mass is 9.96. The van der Waals surface area contributed by atoms with Gasteiger partial charge in [-0.15, -0.1) is 0 Å². The first-order valence-corrected chi connectivity index (χ1v) is 11.0. The number of aliphatic imine (C=N–C) groups is 1. The summed E-state index contributed by atoms with van der Waals surface area (Å²) in [5.74, 6) is 3.68. The molecule has 0 unspecified atom stereocenters. The van der Waals surface area contributed by atoms with Crippen LogP contribution in [0.5, 0.6) is 5.75 Å². The van der Waals surface area contributed by atoms with Gasteiger partial charge in [-0.25, -0.2) is 0 Å². The Morgan fingerprint density at radius 3 is 2.58 bits per heavy atom. The van der Waals surface area contributed by atoms with Crippen molar-refractivity contribution in [3.63, 3.8) is 0 Å². The molecule has 0 spiro atoms. The lowest BCUT2D eigenvalue weighted by molar-refractivity contribution is 0.180. The highest BCUT2D eigenvalue weighted by Crippen LogP contribution is 2.20. The smallest absolute Gasteiger partial charge is 0.191 e. The molecule has 0 saturated carbocycles. The van der Waals surface area contributed by atoms with Crippen molar-refractivity contribution in [3.05, 3.63) is 29.8 Å². The van der Waals surface area contributed by atoms with Crippen LogP contribution in [0.15, 0.2) is 29.3 Å². The molecule has 1 aromatic carbocycles. The molecule has 0 atom stereocenters. The molecule has 0 aliphatic carbocycles. The van der Waals surface area contributed by atoms with Crippen molar-refractivity contribution in [2.75, 3.05) is 51.8 Å². The Morgan fingerprint density at radius 1 is 1.23 bits per heavy atom. The molecule has 0 bridgehead atoms. The Labute approximate surface area is 163 Å². The summed E-state index contributed by atoms with van der Waals surface area (Å²) >= 11 is 1.85. The van der Waals surface area contributed by atoms with Gasteiger partial charge in [-0.3, -0.25) is 9.89 Å². The van der Waals surface area contributed by atoms with Crippen LogP contribution >= 0.6 is 11.8 Å². The molecule has 146 valence electrons. The molecule has 1 aliphatic heterocycles. The summed E-state index contributed by atoms with van der Waals surface area (Å²) in [6.07, 6.45) is 4.58. The fourth-order valence-electron chi connectivity index (χ4n) is 3.15. The topological polar surface area (TPSA) is 48.9 Å². The number of guanidine groups is 1. The maximum atomic E-state index is 5.23. The van der Waals surface area contributed by atoms with Gasteiger partial charge in [-0.05, 0) is 62.7 Å². The van der Waals surface area contributed by atoms with Crippen LogP contribution in [0.25, 0.3) is 0 Å². The van der Waals surface area contributed by atoms with E-state index in [0.717, 1.165) is 56.7 Å². The van der Waals surface area contributed by atoms with Crippen LogP contribution in [0.1, 0.15) is 25.3 Å². The summed E-state index contributed by atoms with van der Waals surface area (Å²) in [7, 11) is 1.71. The molecule has 1 fully saturated rings. The molecule has 2 rings (SSSR count). The fourth-order valence-corrected chi connectivity index (χ4v) is 3.46. The maximum Gasteiger partial charge on any atom is 0.191 e. The Kier molecular flexibility index (Phi) is 9.71. The van der Waals surface area contributed by atoms with Gasteiger partial charge in [0.25, 0.3) is 0 Å². The van der Waals surface area contributed by atoms with Gasteiger partial charge < -0.3 is 15.4 Å². The van der Waals surface area contributed by atoms with E-state index in [1.807, 2.05) is 23.9 Å². The zero-order valence-corrected chi connectivity index (χ0v) is 17.3. The van der Waals surface area contributed by atoms with E-state index in [2.05, 4.69) is 40.8 Å². The van der Waals surface area contributed by atoms with E-state index in [-0.39, 0.29) is 0 Å². The van der Waals surface area contributed by atoms with Crippen molar-refractivity contribution in [2.24, 2.45) is 10.9 Å². The summed E-state index contributed by atoms with van der Waals surface area (Å²) in [5, 5.41) is 6.75. The van der Waals surface area contributed by atoms with E-state index >= 15 is 0 Å². The Morgan fingerprint density at radius 2 is 1.96 bits per heavy atom. The Balaban J connectivity index is 1.73. The largest absolute Gasteiger partial charge is 0.497 e. The first kappa shape index (κ1) is 20.9. The van der Waals surface area contributed by atoms with E-state index in [9.17, 15) is 0 Å². The summed E-state index contributed by atoms with van der Waals surface area (Å²) in [6.45, 7) is 8.25. The number of likely N-dealkylation sites (tertiary alicyclic amines) is 1. The van der Waals surface area contributed by atoms with E-state index in [4.69, 9.17) is 9.73 Å². The summed E-state index contributed by atoms with van der Waals surface area (Å²) in [5.41, 5.74) is 1.36. The van der Waals surface area contributed by atoms with Gasteiger partial charge in [-0.2, -0.15) is 11.8 Å². The second-order valence-electron chi connectivity index (χ2n) is 6.71. The molecule has 1 heterocycles. The highest BCUT2D eigenvalue weighted by molar-refractivity contribution is 7.98. The summed E-state index contributed by atoms with van der Waals surface area (Å²) < 4.78 is 5.23. The standard InChI is InChI=1S/C20H34N4OS/c1-4-21-20(22-11-14-26-3)23-15-17-9-12-24(13-10-17)16-18-5-7-19(25-2)8-6-18/h5-8,17H,4,9-16H2,1-3H3,(H2,21,22,23). The molecular weight excluding hydrogens is 344 g/mol. The number of benzene rings is 1. The van der Waals surface area contributed by atoms with Gasteiger partial charge >= 0.3 is 0 Å². The number of thioether (sulfide) groups is 1. The number of piperidine rings is 1. The third kappa shape index (κ3) is 7.46. The first-order valence-electron chi connectivity index (χ1n) is 9.61. The van der Waals surface area contributed by atoms with E-state index in [1.165, 1.54) is 18.4 Å². The van der Waals surface area contributed by atoms with E-state index in [0.29, 0.717) is 5.92 Å². The lowest BCUT2D eigenvalue weighted by Crippen LogP contribution is -2.39. The first-order chi connectivity index (χ1) is 12.7. The number of methoxy groups -OCH3 is 1. The van der Waals surface area contributed by atoms with Gasteiger partial charge in [0.15, 0.2) is 5.96 Å². The highest BCUT2D eigenvalue weighted by atomic mass is 32.2.